The number of hydrogen-bond acceptors (Lipinski definition) is 3. The number of nitrogens with zero attached hydrogens (tertiary/aromatic N) is 3. The van der Waals surface area contributed by atoms with Crippen LogP contribution in [0.3, 0.4) is 0 Å². The lowest BCUT2D eigenvalue weighted by Crippen LogP contribution is -2.03. The van der Waals surface area contributed by atoms with E-state index in [-0.39, 0.29) is 0 Å². The summed E-state index contributed by atoms with van der Waals surface area (Å²) in [6.07, 6.45) is 0. The maximum absolute atomic E-state index is 6.17. The van der Waals surface area contributed by atoms with Crippen LogP contribution in [0.25, 0.3) is 93.4 Å². The van der Waals surface area contributed by atoms with Gasteiger partial charge in [0.2, 0.25) is 0 Å². The number of aromatic nitrogens is 3. The molecule has 7 aromatic carbocycles. The molecule has 0 saturated carbocycles. The molecule has 10 aromatic rings. The van der Waals surface area contributed by atoms with E-state index in [1.807, 2.05) is 36.4 Å². The molecule has 4 nitrogen and oxygen atoms in total. The third-order valence-corrected chi connectivity index (χ3v) is 8.96. The molecule has 0 aliphatic heterocycles. The molecule has 0 aliphatic carbocycles. The molecule has 0 aliphatic rings. The van der Waals surface area contributed by atoms with Crippen molar-refractivity contribution in [2.24, 2.45) is 0 Å². The standard InChI is InChI=1S/C40H23N3O/c1-3-11-27-24(9-1)17-20-33-37(27)38-28-12-4-2-10-25(28)18-21-34(38)43(33)40-39(41-31-14-6-7-15-32(31)42-40)26-19-22-36-30(23-26)29-13-5-8-16-35(29)44-36/h1-23H. The lowest BCUT2D eigenvalue weighted by Gasteiger charge is -2.14. The minimum absolute atomic E-state index is 0.807. The Morgan fingerprint density at radius 2 is 1.02 bits per heavy atom. The zero-order valence-electron chi connectivity index (χ0n) is 23.5. The van der Waals surface area contributed by atoms with Crippen molar-refractivity contribution in [3.63, 3.8) is 0 Å². The summed E-state index contributed by atoms with van der Waals surface area (Å²) < 4.78 is 8.49. The molecule has 0 amide bonds. The van der Waals surface area contributed by atoms with E-state index in [2.05, 4.69) is 108 Å². The van der Waals surface area contributed by atoms with Gasteiger partial charge in [-0.15, -0.1) is 0 Å². The van der Waals surface area contributed by atoms with E-state index in [4.69, 9.17) is 14.4 Å². The maximum Gasteiger partial charge on any atom is 0.165 e. The average molecular weight is 562 g/mol. The number of para-hydroxylation sites is 3. The molecule has 0 N–H and O–H groups in total. The van der Waals surface area contributed by atoms with E-state index in [1.54, 1.807) is 0 Å². The molecule has 3 heterocycles. The van der Waals surface area contributed by atoms with Gasteiger partial charge in [0.05, 0.1) is 22.1 Å². The van der Waals surface area contributed by atoms with Crippen LogP contribution >= 0.6 is 0 Å². The Hall–Kier alpha value is -6.00. The number of fused-ring (bicyclic) bond motifs is 11. The molecular weight excluding hydrogens is 538 g/mol. The fraction of sp³-hybridized carbons (Fsp3) is 0. The smallest absolute Gasteiger partial charge is 0.165 e. The van der Waals surface area contributed by atoms with Gasteiger partial charge in [0.25, 0.3) is 0 Å². The minimum atomic E-state index is 0.807. The van der Waals surface area contributed by atoms with E-state index >= 15 is 0 Å². The third-order valence-electron chi connectivity index (χ3n) is 8.96. The molecule has 0 bridgehead atoms. The van der Waals surface area contributed by atoms with Crippen molar-refractivity contribution in [3.8, 4) is 17.1 Å². The Morgan fingerprint density at radius 3 is 1.73 bits per heavy atom. The lowest BCUT2D eigenvalue weighted by molar-refractivity contribution is 0.669. The number of hydrogen-bond donors (Lipinski definition) is 0. The van der Waals surface area contributed by atoms with Crippen molar-refractivity contribution in [1.29, 1.82) is 0 Å². The van der Waals surface area contributed by atoms with Crippen molar-refractivity contribution in [1.82, 2.24) is 14.5 Å². The Morgan fingerprint density at radius 1 is 0.455 bits per heavy atom. The first-order valence-corrected chi connectivity index (χ1v) is 14.8. The Balaban J connectivity index is 1.38. The summed E-state index contributed by atoms with van der Waals surface area (Å²) in [6, 6.07) is 48.9. The highest BCUT2D eigenvalue weighted by atomic mass is 16.3. The summed E-state index contributed by atoms with van der Waals surface area (Å²) in [5.41, 5.74) is 7.50. The predicted molar refractivity (Wildman–Crippen MR) is 182 cm³/mol. The molecule has 0 spiro atoms. The summed E-state index contributed by atoms with van der Waals surface area (Å²) in [7, 11) is 0. The summed E-state index contributed by atoms with van der Waals surface area (Å²) in [4.78, 5) is 10.7. The molecule has 4 heteroatoms. The van der Waals surface area contributed by atoms with Gasteiger partial charge >= 0.3 is 0 Å². The molecule has 204 valence electrons. The molecule has 0 atom stereocenters. The number of rotatable bonds is 2. The third kappa shape index (κ3) is 3.22. The number of benzene rings is 7. The Bertz CT molecular complexity index is 2690. The minimum Gasteiger partial charge on any atom is -0.456 e. The van der Waals surface area contributed by atoms with Crippen molar-refractivity contribution in [2.45, 2.75) is 0 Å². The topological polar surface area (TPSA) is 43.9 Å². The van der Waals surface area contributed by atoms with Crippen molar-refractivity contribution in [3.05, 3.63) is 140 Å². The Labute approximate surface area is 251 Å². The summed E-state index contributed by atoms with van der Waals surface area (Å²) in [5, 5.41) is 9.51. The van der Waals surface area contributed by atoms with Gasteiger partial charge < -0.3 is 4.42 Å². The highest BCUT2D eigenvalue weighted by Gasteiger charge is 2.22. The van der Waals surface area contributed by atoms with Crippen LogP contribution in [-0.2, 0) is 0 Å². The summed E-state index contributed by atoms with van der Waals surface area (Å²) >= 11 is 0. The maximum atomic E-state index is 6.17. The summed E-state index contributed by atoms with van der Waals surface area (Å²) in [5.74, 6) is 0.807. The first-order chi connectivity index (χ1) is 21.8. The van der Waals surface area contributed by atoms with Gasteiger partial charge in [-0.1, -0.05) is 91.0 Å². The Kier molecular flexibility index (Phi) is 4.69. The molecule has 0 fully saturated rings. The number of furan rings is 1. The first-order valence-electron chi connectivity index (χ1n) is 14.8. The van der Waals surface area contributed by atoms with Crippen LogP contribution in [-0.4, -0.2) is 14.5 Å². The van der Waals surface area contributed by atoms with Crippen molar-refractivity contribution < 1.29 is 4.42 Å². The predicted octanol–water partition coefficient (Wildman–Crippen LogP) is 10.6. The van der Waals surface area contributed by atoms with Crippen LogP contribution in [0.4, 0.5) is 0 Å². The fourth-order valence-electron chi connectivity index (χ4n) is 6.99. The lowest BCUT2D eigenvalue weighted by atomic mass is 10.00. The van der Waals surface area contributed by atoms with Crippen molar-refractivity contribution in [2.75, 3.05) is 0 Å². The van der Waals surface area contributed by atoms with Gasteiger partial charge in [-0.25, -0.2) is 9.97 Å². The van der Waals surface area contributed by atoms with Gasteiger partial charge in [-0.2, -0.15) is 0 Å². The van der Waals surface area contributed by atoms with Crippen LogP contribution in [0.1, 0.15) is 0 Å². The molecule has 0 radical (unpaired) electrons. The fourth-order valence-corrected chi connectivity index (χ4v) is 6.99. The second-order valence-corrected chi connectivity index (χ2v) is 11.4. The van der Waals surface area contributed by atoms with Gasteiger partial charge in [-0.3, -0.25) is 4.57 Å². The van der Waals surface area contributed by atoms with Crippen LogP contribution in [0.15, 0.2) is 144 Å². The second kappa shape index (κ2) is 8.76. The van der Waals surface area contributed by atoms with Gasteiger partial charge in [0.15, 0.2) is 5.82 Å². The van der Waals surface area contributed by atoms with E-state index in [0.717, 1.165) is 61.1 Å². The second-order valence-electron chi connectivity index (χ2n) is 11.4. The molecule has 10 rings (SSSR count). The van der Waals surface area contributed by atoms with E-state index < -0.39 is 0 Å². The van der Waals surface area contributed by atoms with Crippen LogP contribution in [0.5, 0.6) is 0 Å². The van der Waals surface area contributed by atoms with E-state index in [1.165, 1.54) is 32.3 Å². The average Bonchev–Trinajstić information content (AvgIpc) is 3.63. The molecule has 3 aromatic heterocycles. The molecule has 0 unspecified atom stereocenters. The normalized spacial score (nSPS) is 12.1. The van der Waals surface area contributed by atoms with Crippen LogP contribution in [0, 0.1) is 0 Å². The highest BCUT2D eigenvalue weighted by molar-refractivity contribution is 6.28. The zero-order chi connectivity index (χ0) is 28.8. The van der Waals surface area contributed by atoms with E-state index in [0.29, 0.717) is 0 Å². The highest BCUT2D eigenvalue weighted by Crippen LogP contribution is 2.42. The monoisotopic (exact) mass is 561 g/mol. The van der Waals surface area contributed by atoms with Gasteiger partial charge in [0.1, 0.15) is 16.9 Å². The van der Waals surface area contributed by atoms with Gasteiger partial charge in [0, 0.05) is 27.1 Å². The zero-order valence-corrected chi connectivity index (χ0v) is 23.5. The van der Waals surface area contributed by atoms with Crippen molar-refractivity contribution >= 4 is 76.3 Å². The molecule has 0 saturated heterocycles. The quantitative estimate of drug-likeness (QED) is 0.211. The van der Waals surface area contributed by atoms with Gasteiger partial charge in [-0.05, 0) is 70.1 Å². The first kappa shape index (κ1) is 23.6. The van der Waals surface area contributed by atoms with Crippen LogP contribution < -0.4 is 0 Å². The molecule has 44 heavy (non-hydrogen) atoms. The largest absolute Gasteiger partial charge is 0.456 e. The summed E-state index contributed by atoms with van der Waals surface area (Å²) in [6.45, 7) is 0. The SMILES string of the molecule is c1ccc2c(c1)ccc1c2c2c3ccccc3ccc2n1-c1nc2ccccc2nc1-c1ccc2oc3ccccc3c2c1. The molecular formula is C40H23N3O. The van der Waals surface area contributed by atoms with E-state index in [9.17, 15) is 0 Å². The van der Waals surface area contributed by atoms with Crippen LogP contribution in [0.2, 0.25) is 0 Å².